The third-order valence-electron chi connectivity index (χ3n) is 3.03. The Labute approximate surface area is 103 Å². The number of nitrogens with zero attached hydrogens (tertiary/aromatic N) is 2. The van der Waals surface area contributed by atoms with Gasteiger partial charge >= 0.3 is 0 Å². The lowest BCUT2D eigenvalue weighted by atomic mass is 9.92. The van der Waals surface area contributed by atoms with Crippen LogP contribution in [0.2, 0.25) is 0 Å². The molecule has 3 nitrogen and oxygen atoms in total. The van der Waals surface area contributed by atoms with Crippen LogP contribution in [0.5, 0.6) is 0 Å². The topological polar surface area (TPSA) is 41.6 Å². The molecule has 0 amide bonds. The van der Waals surface area contributed by atoms with Gasteiger partial charge in [0.2, 0.25) is 5.16 Å². The van der Waals surface area contributed by atoms with E-state index in [1.165, 1.54) is 25.7 Å². The Kier molecular flexibility index (Phi) is 3.72. The van der Waals surface area contributed by atoms with E-state index in [9.17, 15) is 0 Å². The highest BCUT2D eigenvalue weighted by Gasteiger charge is 2.33. The Morgan fingerprint density at radius 2 is 2.20 bits per heavy atom. The lowest BCUT2D eigenvalue weighted by molar-refractivity contribution is 0.405. The zero-order valence-corrected chi connectivity index (χ0v) is 11.3. The van der Waals surface area contributed by atoms with Crippen LogP contribution in [0.15, 0.2) is 5.16 Å². The summed E-state index contributed by atoms with van der Waals surface area (Å²) in [5.41, 5.74) is 0.485. The van der Waals surface area contributed by atoms with Crippen LogP contribution in [-0.2, 0) is 0 Å². The van der Waals surface area contributed by atoms with Crippen LogP contribution in [0.3, 0.4) is 0 Å². The summed E-state index contributed by atoms with van der Waals surface area (Å²) in [5.74, 6) is 2.03. The number of rotatable bonds is 4. The summed E-state index contributed by atoms with van der Waals surface area (Å²) in [6.45, 7) is 1.94. The molecule has 2 rings (SSSR count). The van der Waals surface area contributed by atoms with Crippen molar-refractivity contribution in [1.29, 1.82) is 0 Å². The first-order chi connectivity index (χ1) is 7.24. The molecule has 0 bridgehead atoms. The number of nitrogens with one attached hydrogen (secondary N) is 1. The lowest BCUT2D eigenvalue weighted by Crippen LogP contribution is -2.21. The van der Waals surface area contributed by atoms with Crippen molar-refractivity contribution in [2.45, 2.75) is 37.8 Å². The molecule has 0 unspecified atom stereocenters. The average molecular weight is 290 g/mol. The number of alkyl halides is 1. The largest absolute Gasteiger partial charge is 0.262 e. The normalized spacial score (nSPS) is 19.6. The average Bonchev–Trinajstić information content (AvgIpc) is 2.85. The van der Waals surface area contributed by atoms with E-state index < -0.39 is 0 Å². The summed E-state index contributed by atoms with van der Waals surface area (Å²) in [6.07, 6.45) is 5.43. The van der Waals surface area contributed by atoms with E-state index in [0.29, 0.717) is 5.41 Å². The maximum absolute atomic E-state index is 4.32. The second kappa shape index (κ2) is 4.87. The molecule has 1 N–H and O–H groups in total. The molecule has 0 aliphatic heterocycles. The number of aryl methyl sites for hydroxylation is 1. The van der Waals surface area contributed by atoms with Crippen LogP contribution in [-0.4, -0.2) is 26.3 Å². The Morgan fingerprint density at radius 3 is 2.73 bits per heavy atom. The Hall–Kier alpha value is -0.0300. The molecule has 1 aliphatic rings. The Bertz CT molecular complexity index is 320. The van der Waals surface area contributed by atoms with Crippen LogP contribution < -0.4 is 0 Å². The molecule has 0 aromatic carbocycles. The van der Waals surface area contributed by atoms with Gasteiger partial charge in [-0.2, -0.15) is 0 Å². The second-order valence-corrected chi connectivity index (χ2v) is 5.84. The zero-order chi connectivity index (χ0) is 10.7. The predicted octanol–water partition coefficient (Wildman–Crippen LogP) is 3.16. The van der Waals surface area contributed by atoms with Gasteiger partial charge in [0.15, 0.2) is 0 Å². The van der Waals surface area contributed by atoms with E-state index in [1.54, 1.807) is 11.8 Å². The number of hydrogen-bond acceptors (Lipinski definition) is 3. The summed E-state index contributed by atoms with van der Waals surface area (Å²) in [7, 11) is 0. The quantitative estimate of drug-likeness (QED) is 0.684. The monoisotopic (exact) mass is 289 g/mol. The molecule has 1 aliphatic carbocycles. The van der Waals surface area contributed by atoms with Gasteiger partial charge in [0.05, 0.1) is 0 Å². The highest BCUT2D eigenvalue weighted by Crippen LogP contribution is 2.42. The maximum Gasteiger partial charge on any atom is 0.208 e. The molecule has 15 heavy (non-hydrogen) atoms. The summed E-state index contributed by atoms with van der Waals surface area (Å²) >= 11 is 5.43. The van der Waals surface area contributed by atoms with E-state index in [2.05, 4.69) is 31.1 Å². The first-order valence-corrected chi connectivity index (χ1v) is 7.43. The first kappa shape index (κ1) is 11.5. The van der Waals surface area contributed by atoms with Crippen molar-refractivity contribution < 1.29 is 0 Å². The van der Waals surface area contributed by atoms with Gasteiger partial charge in [-0.15, -0.1) is 5.10 Å². The SMILES string of the molecule is Cc1nc(SCC2(CBr)CCCC2)n[nH]1. The molecule has 0 radical (unpaired) electrons. The molecule has 1 fully saturated rings. The standard InChI is InChI=1S/C10H16BrN3S/c1-8-12-9(14-13-8)15-7-10(6-11)4-2-3-5-10/h2-7H2,1H3,(H,12,13,14). The van der Waals surface area contributed by atoms with Gasteiger partial charge < -0.3 is 0 Å². The molecule has 5 heteroatoms. The molecule has 0 atom stereocenters. The van der Waals surface area contributed by atoms with Crippen molar-refractivity contribution in [3.63, 3.8) is 0 Å². The van der Waals surface area contributed by atoms with E-state index >= 15 is 0 Å². The van der Waals surface area contributed by atoms with Crippen LogP contribution in [0.4, 0.5) is 0 Å². The van der Waals surface area contributed by atoms with Gasteiger partial charge in [0, 0.05) is 11.1 Å². The number of halogens is 1. The highest BCUT2D eigenvalue weighted by atomic mass is 79.9. The third-order valence-corrected chi connectivity index (χ3v) is 5.42. The van der Waals surface area contributed by atoms with E-state index in [0.717, 1.165) is 22.1 Å². The summed E-state index contributed by atoms with van der Waals surface area (Å²) in [6, 6.07) is 0. The third kappa shape index (κ3) is 2.75. The van der Waals surface area contributed by atoms with Crippen molar-refractivity contribution in [3.05, 3.63) is 5.82 Å². The van der Waals surface area contributed by atoms with Gasteiger partial charge in [0.1, 0.15) is 5.82 Å². The second-order valence-electron chi connectivity index (χ2n) is 4.33. The van der Waals surface area contributed by atoms with Gasteiger partial charge in [-0.05, 0) is 25.2 Å². The number of thioether (sulfide) groups is 1. The van der Waals surface area contributed by atoms with Crippen molar-refractivity contribution in [3.8, 4) is 0 Å². The Balaban J connectivity index is 1.91. The number of hydrogen-bond donors (Lipinski definition) is 1. The van der Waals surface area contributed by atoms with Crippen LogP contribution in [0.1, 0.15) is 31.5 Å². The Morgan fingerprint density at radius 1 is 1.47 bits per heavy atom. The fourth-order valence-corrected chi connectivity index (χ4v) is 4.21. The van der Waals surface area contributed by atoms with Gasteiger partial charge in [-0.25, -0.2) is 4.98 Å². The fourth-order valence-electron chi connectivity index (χ4n) is 2.05. The van der Waals surface area contributed by atoms with Crippen LogP contribution in [0.25, 0.3) is 0 Å². The molecule has 0 saturated heterocycles. The summed E-state index contributed by atoms with van der Waals surface area (Å²) < 4.78 is 0. The molecule has 0 spiro atoms. The number of aromatic amines is 1. The highest BCUT2D eigenvalue weighted by molar-refractivity contribution is 9.09. The molecule has 84 valence electrons. The van der Waals surface area contributed by atoms with Crippen molar-refractivity contribution in [1.82, 2.24) is 15.2 Å². The minimum atomic E-state index is 0.485. The maximum atomic E-state index is 4.32. The van der Waals surface area contributed by atoms with Crippen LogP contribution >= 0.6 is 27.7 Å². The molecule has 1 aromatic heterocycles. The minimum absolute atomic E-state index is 0.485. The minimum Gasteiger partial charge on any atom is -0.262 e. The van der Waals surface area contributed by atoms with Crippen molar-refractivity contribution in [2.24, 2.45) is 5.41 Å². The van der Waals surface area contributed by atoms with E-state index in [1.807, 2.05) is 6.92 Å². The van der Waals surface area contributed by atoms with Crippen LogP contribution in [0, 0.1) is 12.3 Å². The molecular formula is C10H16BrN3S. The fraction of sp³-hybridized carbons (Fsp3) is 0.800. The smallest absolute Gasteiger partial charge is 0.208 e. The first-order valence-electron chi connectivity index (χ1n) is 5.32. The van der Waals surface area contributed by atoms with Crippen molar-refractivity contribution >= 4 is 27.7 Å². The van der Waals surface area contributed by atoms with E-state index in [-0.39, 0.29) is 0 Å². The number of H-pyrrole nitrogens is 1. The summed E-state index contributed by atoms with van der Waals surface area (Å²) in [4.78, 5) is 4.32. The van der Waals surface area contributed by atoms with Gasteiger partial charge in [0.25, 0.3) is 0 Å². The van der Waals surface area contributed by atoms with E-state index in [4.69, 9.17) is 0 Å². The van der Waals surface area contributed by atoms with Gasteiger partial charge in [-0.3, -0.25) is 5.10 Å². The van der Waals surface area contributed by atoms with Crippen molar-refractivity contribution in [2.75, 3.05) is 11.1 Å². The molecule has 1 heterocycles. The molecule has 1 aromatic rings. The summed E-state index contributed by atoms with van der Waals surface area (Å²) in [5, 5.41) is 9.03. The molecular weight excluding hydrogens is 274 g/mol. The predicted molar refractivity (Wildman–Crippen MR) is 66.5 cm³/mol. The molecule has 1 saturated carbocycles. The van der Waals surface area contributed by atoms with Gasteiger partial charge in [-0.1, -0.05) is 40.5 Å². The lowest BCUT2D eigenvalue weighted by Gasteiger charge is -2.24. The number of aromatic nitrogens is 3. The zero-order valence-electron chi connectivity index (χ0n) is 8.92.